The average Bonchev–Trinajstić information content (AvgIpc) is 3.32. The zero-order valence-corrected chi connectivity index (χ0v) is 13.6. The molecule has 1 N–H and O–H groups in total. The molecular weight excluding hydrogens is 312 g/mol. The quantitative estimate of drug-likeness (QED) is 0.941. The molecule has 1 amide bonds. The second-order valence-corrected chi connectivity index (χ2v) is 6.67. The van der Waals surface area contributed by atoms with Crippen LogP contribution in [-0.2, 0) is 0 Å². The number of benzene rings is 1. The highest BCUT2D eigenvalue weighted by molar-refractivity contribution is 6.30. The van der Waals surface area contributed by atoms with E-state index in [0.29, 0.717) is 24.7 Å². The Morgan fingerprint density at radius 3 is 2.48 bits per heavy atom. The molecule has 1 aromatic heterocycles. The second kappa shape index (κ2) is 5.89. The highest BCUT2D eigenvalue weighted by atomic mass is 35.5. The topological polar surface area (TPSA) is 52.2 Å². The van der Waals surface area contributed by atoms with Gasteiger partial charge in [0.1, 0.15) is 5.69 Å². The van der Waals surface area contributed by atoms with Gasteiger partial charge in [0, 0.05) is 48.5 Å². The molecule has 1 aromatic carbocycles. The smallest absolute Gasteiger partial charge is 0.274 e. The summed E-state index contributed by atoms with van der Waals surface area (Å²) in [5.41, 5.74) is 2.80. The summed E-state index contributed by atoms with van der Waals surface area (Å²) in [6.07, 6.45) is 2.41. The number of nitrogens with zero attached hydrogens (tertiary/aromatic N) is 3. The number of hydrogen-bond donors (Lipinski definition) is 1. The summed E-state index contributed by atoms with van der Waals surface area (Å²) in [5, 5.41) is 7.95. The third-order valence-electron chi connectivity index (χ3n) is 4.59. The Hall–Kier alpha value is -2.01. The van der Waals surface area contributed by atoms with Crippen LogP contribution in [0.15, 0.2) is 30.3 Å². The fourth-order valence-electron chi connectivity index (χ4n) is 3.03. The first kappa shape index (κ1) is 14.6. The van der Waals surface area contributed by atoms with E-state index in [4.69, 9.17) is 11.6 Å². The van der Waals surface area contributed by atoms with Crippen LogP contribution >= 0.6 is 11.6 Å². The van der Waals surface area contributed by atoms with Crippen molar-refractivity contribution in [2.75, 3.05) is 31.1 Å². The number of aromatic nitrogens is 2. The largest absolute Gasteiger partial charge is 0.368 e. The van der Waals surface area contributed by atoms with Gasteiger partial charge in [-0.2, -0.15) is 5.10 Å². The number of carbonyl (C=O) groups is 1. The van der Waals surface area contributed by atoms with Crippen molar-refractivity contribution < 1.29 is 4.79 Å². The molecule has 1 aliphatic carbocycles. The van der Waals surface area contributed by atoms with E-state index < -0.39 is 0 Å². The Bertz CT molecular complexity index is 700. The number of hydrogen-bond acceptors (Lipinski definition) is 3. The Balaban J connectivity index is 1.38. The minimum atomic E-state index is 0.0314. The maximum atomic E-state index is 12.6. The van der Waals surface area contributed by atoms with Crippen molar-refractivity contribution in [3.63, 3.8) is 0 Å². The average molecular weight is 331 g/mol. The molecule has 4 rings (SSSR count). The molecule has 1 saturated heterocycles. The number of aromatic amines is 1. The summed E-state index contributed by atoms with van der Waals surface area (Å²) >= 11 is 5.93. The van der Waals surface area contributed by atoms with Gasteiger partial charge in [-0.15, -0.1) is 0 Å². The van der Waals surface area contributed by atoms with E-state index in [2.05, 4.69) is 15.1 Å². The van der Waals surface area contributed by atoms with Gasteiger partial charge in [0.2, 0.25) is 0 Å². The molecule has 1 aliphatic heterocycles. The summed E-state index contributed by atoms with van der Waals surface area (Å²) < 4.78 is 0. The number of halogens is 1. The number of amides is 1. The van der Waals surface area contributed by atoms with E-state index in [1.54, 1.807) is 0 Å². The molecule has 6 heteroatoms. The monoisotopic (exact) mass is 330 g/mol. The number of anilines is 1. The molecule has 1 saturated carbocycles. The molecular formula is C17H19ClN4O. The Labute approximate surface area is 140 Å². The van der Waals surface area contributed by atoms with E-state index >= 15 is 0 Å². The van der Waals surface area contributed by atoms with Crippen molar-refractivity contribution in [1.82, 2.24) is 15.1 Å². The Morgan fingerprint density at radius 1 is 1.13 bits per heavy atom. The highest BCUT2D eigenvalue weighted by Crippen LogP contribution is 2.39. The van der Waals surface area contributed by atoms with Crippen LogP contribution in [0.1, 0.15) is 34.9 Å². The van der Waals surface area contributed by atoms with E-state index in [1.807, 2.05) is 35.2 Å². The van der Waals surface area contributed by atoms with Crippen molar-refractivity contribution in [2.24, 2.45) is 0 Å². The van der Waals surface area contributed by atoms with Crippen molar-refractivity contribution in [2.45, 2.75) is 18.8 Å². The fraction of sp³-hybridized carbons (Fsp3) is 0.412. The van der Waals surface area contributed by atoms with Crippen LogP contribution in [0.2, 0.25) is 5.02 Å². The molecule has 2 heterocycles. The van der Waals surface area contributed by atoms with E-state index in [0.717, 1.165) is 29.5 Å². The third-order valence-corrected chi connectivity index (χ3v) is 4.84. The lowest BCUT2D eigenvalue weighted by atomic mass is 10.2. The van der Waals surface area contributed by atoms with Gasteiger partial charge in [-0.25, -0.2) is 0 Å². The normalized spacial score (nSPS) is 18.3. The molecule has 2 fully saturated rings. The van der Waals surface area contributed by atoms with Gasteiger partial charge in [0.15, 0.2) is 0 Å². The van der Waals surface area contributed by atoms with Gasteiger partial charge in [-0.3, -0.25) is 9.89 Å². The first-order chi connectivity index (χ1) is 11.2. The third kappa shape index (κ3) is 3.06. The van der Waals surface area contributed by atoms with Crippen LogP contribution in [0.4, 0.5) is 5.69 Å². The lowest BCUT2D eigenvalue weighted by molar-refractivity contribution is 0.0741. The van der Waals surface area contributed by atoms with Crippen LogP contribution in [0.25, 0.3) is 0 Å². The summed E-state index contributed by atoms with van der Waals surface area (Å²) in [6, 6.07) is 9.77. The summed E-state index contributed by atoms with van der Waals surface area (Å²) in [7, 11) is 0. The first-order valence-corrected chi connectivity index (χ1v) is 8.43. The number of nitrogens with one attached hydrogen (secondary N) is 1. The lowest BCUT2D eigenvalue weighted by Crippen LogP contribution is -2.48. The van der Waals surface area contributed by atoms with E-state index in [1.165, 1.54) is 12.8 Å². The number of H-pyrrole nitrogens is 1. The first-order valence-electron chi connectivity index (χ1n) is 8.06. The van der Waals surface area contributed by atoms with Gasteiger partial charge < -0.3 is 9.80 Å². The molecule has 0 atom stereocenters. The van der Waals surface area contributed by atoms with Crippen LogP contribution in [0, 0.1) is 0 Å². The van der Waals surface area contributed by atoms with Crippen molar-refractivity contribution >= 4 is 23.2 Å². The molecule has 2 aliphatic rings. The molecule has 5 nitrogen and oxygen atoms in total. The van der Waals surface area contributed by atoms with Crippen LogP contribution < -0.4 is 4.90 Å². The number of rotatable bonds is 3. The van der Waals surface area contributed by atoms with E-state index in [9.17, 15) is 4.79 Å². The zero-order valence-electron chi connectivity index (χ0n) is 12.8. The van der Waals surface area contributed by atoms with Crippen LogP contribution in [-0.4, -0.2) is 47.2 Å². The standard InChI is InChI=1S/C17H19ClN4O/c18-13-3-5-14(6-4-13)21-7-9-22(10-8-21)17(23)16-11-15(19-20-16)12-1-2-12/h3-6,11-12H,1-2,7-10H2,(H,19,20). The minimum absolute atomic E-state index is 0.0314. The van der Waals surface area contributed by atoms with Crippen molar-refractivity contribution in [3.8, 4) is 0 Å². The molecule has 0 bridgehead atoms. The van der Waals surface area contributed by atoms with Gasteiger partial charge >= 0.3 is 0 Å². The molecule has 2 aromatic rings. The summed E-state index contributed by atoms with van der Waals surface area (Å²) in [4.78, 5) is 16.7. The van der Waals surface area contributed by atoms with Gasteiger partial charge in [0.05, 0.1) is 0 Å². The molecule has 0 radical (unpaired) electrons. The van der Waals surface area contributed by atoms with Crippen molar-refractivity contribution in [1.29, 1.82) is 0 Å². The fourth-order valence-corrected chi connectivity index (χ4v) is 3.16. The SMILES string of the molecule is O=C(c1cc(C2CC2)[nH]n1)N1CCN(c2ccc(Cl)cc2)CC1. The van der Waals surface area contributed by atoms with Crippen molar-refractivity contribution in [3.05, 3.63) is 46.7 Å². The predicted molar refractivity (Wildman–Crippen MR) is 90.1 cm³/mol. The zero-order chi connectivity index (χ0) is 15.8. The number of piperazine rings is 1. The highest BCUT2D eigenvalue weighted by Gasteiger charge is 2.28. The van der Waals surface area contributed by atoms with E-state index in [-0.39, 0.29) is 5.91 Å². The molecule has 120 valence electrons. The molecule has 0 spiro atoms. The minimum Gasteiger partial charge on any atom is -0.368 e. The van der Waals surface area contributed by atoms with Gasteiger partial charge in [-0.1, -0.05) is 11.6 Å². The van der Waals surface area contributed by atoms with Crippen LogP contribution in [0.3, 0.4) is 0 Å². The second-order valence-electron chi connectivity index (χ2n) is 6.24. The Morgan fingerprint density at radius 2 is 1.83 bits per heavy atom. The van der Waals surface area contributed by atoms with Gasteiger partial charge in [0.25, 0.3) is 5.91 Å². The van der Waals surface area contributed by atoms with Gasteiger partial charge in [-0.05, 0) is 43.2 Å². The molecule has 0 unspecified atom stereocenters. The number of carbonyl (C=O) groups excluding carboxylic acids is 1. The maximum absolute atomic E-state index is 12.6. The maximum Gasteiger partial charge on any atom is 0.274 e. The summed E-state index contributed by atoms with van der Waals surface area (Å²) in [5.74, 6) is 0.620. The summed E-state index contributed by atoms with van der Waals surface area (Å²) in [6.45, 7) is 3.08. The lowest BCUT2D eigenvalue weighted by Gasteiger charge is -2.35. The Kier molecular flexibility index (Phi) is 3.73. The molecule has 23 heavy (non-hydrogen) atoms. The van der Waals surface area contributed by atoms with Crippen LogP contribution in [0.5, 0.6) is 0 Å². The predicted octanol–water partition coefficient (Wildman–Crippen LogP) is 2.90.